The number of nitrogens with zero attached hydrogens (tertiary/aromatic N) is 2. The van der Waals surface area contributed by atoms with Crippen LogP contribution in [-0.4, -0.2) is 22.2 Å². The lowest BCUT2D eigenvalue weighted by Gasteiger charge is -2.06. The molecule has 0 unspecified atom stereocenters. The van der Waals surface area contributed by atoms with E-state index >= 15 is 0 Å². The number of amides is 1. The van der Waals surface area contributed by atoms with Gasteiger partial charge < -0.3 is 10.6 Å². The fraction of sp³-hybridized carbons (Fsp3) is 0.412. The smallest absolute Gasteiger partial charge is 0.251 e. The molecule has 0 spiro atoms. The van der Waals surface area contributed by atoms with Gasteiger partial charge in [0, 0.05) is 44.0 Å². The number of carbonyl (C=O) groups is 1. The van der Waals surface area contributed by atoms with Gasteiger partial charge in [-0.15, -0.1) is 0 Å². The SMILES string of the molecule is CCCCNC(=O)c1ccc(CNCc2cnn(C)c2)cc1. The van der Waals surface area contributed by atoms with E-state index < -0.39 is 0 Å². The molecule has 0 atom stereocenters. The number of benzene rings is 1. The third-order valence-electron chi connectivity index (χ3n) is 3.45. The zero-order valence-electron chi connectivity index (χ0n) is 13.3. The normalized spacial score (nSPS) is 10.6. The zero-order valence-corrected chi connectivity index (χ0v) is 13.3. The molecule has 1 amide bonds. The zero-order chi connectivity index (χ0) is 15.8. The average molecular weight is 300 g/mol. The van der Waals surface area contributed by atoms with Gasteiger partial charge in [0.15, 0.2) is 0 Å². The maximum atomic E-state index is 11.9. The van der Waals surface area contributed by atoms with Gasteiger partial charge in [0.2, 0.25) is 0 Å². The van der Waals surface area contributed by atoms with Crippen molar-refractivity contribution in [2.75, 3.05) is 6.54 Å². The highest BCUT2D eigenvalue weighted by Gasteiger charge is 2.04. The first-order chi connectivity index (χ1) is 10.7. The summed E-state index contributed by atoms with van der Waals surface area (Å²) in [4.78, 5) is 11.9. The Morgan fingerprint density at radius 1 is 1.18 bits per heavy atom. The lowest BCUT2D eigenvalue weighted by Crippen LogP contribution is -2.24. The molecule has 0 fully saturated rings. The molecule has 22 heavy (non-hydrogen) atoms. The number of aromatic nitrogens is 2. The summed E-state index contributed by atoms with van der Waals surface area (Å²) < 4.78 is 1.79. The number of nitrogens with one attached hydrogen (secondary N) is 2. The van der Waals surface area contributed by atoms with E-state index in [9.17, 15) is 4.79 Å². The summed E-state index contributed by atoms with van der Waals surface area (Å²) >= 11 is 0. The van der Waals surface area contributed by atoms with Gasteiger partial charge in [0.25, 0.3) is 5.91 Å². The topological polar surface area (TPSA) is 59.0 Å². The molecule has 0 radical (unpaired) electrons. The molecule has 0 aliphatic heterocycles. The quantitative estimate of drug-likeness (QED) is 0.735. The average Bonchev–Trinajstić information content (AvgIpc) is 2.93. The van der Waals surface area contributed by atoms with E-state index in [1.807, 2.05) is 43.7 Å². The van der Waals surface area contributed by atoms with E-state index in [1.54, 1.807) is 4.68 Å². The van der Waals surface area contributed by atoms with E-state index in [1.165, 1.54) is 0 Å². The molecule has 1 aromatic heterocycles. The van der Waals surface area contributed by atoms with Crippen LogP contribution in [0.5, 0.6) is 0 Å². The highest BCUT2D eigenvalue weighted by atomic mass is 16.1. The number of carbonyl (C=O) groups excluding carboxylic acids is 1. The molecule has 0 saturated heterocycles. The molecule has 0 aliphatic carbocycles. The molecule has 0 saturated carbocycles. The molecule has 118 valence electrons. The summed E-state index contributed by atoms with van der Waals surface area (Å²) in [6.45, 7) is 4.41. The van der Waals surface area contributed by atoms with Crippen molar-refractivity contribution >= 4 is 5.91 Å². The van der Waals surface area contributed by atoms with E-state index in [0.717, 1.165) is 43.6 Å². The first-order valence-corrected chi connectivity index (χ1v) is 7.74. The monoisotopic (exact) mass is 300 g/mol. The Morgan fingerprint density at radius 2 is 1.91 bits per heavy atom. The van der Waals surface area contributed by atoms with E-state index in [4.69, 9.17) is 0 Å². The lowest BCUT2D eigenvalue weighted by molar-refractivity contribution is 0.0953. The van der Waals surface area contributed by atoms with Crippen LogP contribution in [0.25, 0.3) is 0 Å². The van der Waals surface area contributed by atoms with Crippen molar-refractivity contribution in [1.29, 1.82) is 0 Å². The molecule has 5 nitrogen and oxygen atoms in total. The first kappa shape index (κ1) is 16.2. The standard InChI is InChI=1S/C17H24N4O/c1-3-4-9-19-17(22)16-7-5-14(6-8-16)10-18-11-15-12-20-21(2)13-15/h5-8,12-13,18H,3-4,9-11H2,1-2H3,(H,19,22). The Kier molecular flexibility index (Phi) is 6.15. The summed E-state index contributed by atoms with van der Waals surface area (Å²) in [6.07, 6.45) is 5.96. The van der Waals surface area contributed by atoms with Gasteiger partial charge >= 0.3 is 0 Å². The summed E-state index contributed by atoms with van der Waals surface area (Å²) in [5, 5.41) is 10.4. The number of aryl methyl sites for hydroxylation is 1. The minimum absolute atomic E-state index is 0.00307. The predicted molar refractivity (Wildman–Crippen MR) is 87.4 cm³/mol. The largest absolute Gasteiger partial charge is 0.352 e. The lowest BCUT2D eigenvalue weighted by atomic mass is 10.1. The molecule has 2 N–H and O–H groups in total. The van der Waals surface area contributed by atoms with Gasteiger partial charge in [-0.1, -0.05) is 25.5 Å². The summed E-state index contributed by atoms with van der Waals surface area (Å²) in [6, 6.07) is 7.74. The highest BCUT2D eigenvalue weighted by Crippen LogP contribution is 2.05. The molecule has 2 rings (SSSR count). The Balaban J connectivity index is 1.77. The first-order valence-electron chi connectivity index (χ1n) is 7.74. The Labute approximate surface area is 131 Å². The van der Waals surface area contributed by atoms with Crippen molar-refractivity contribution < 1.29 is 4.79 Å². The van der Waals surface area contributed by atoms with Crippen molar-refractivity contribution in [3.63, 3.8) is 0 Å². The molecule has 5 heteroatoms. The van der Waals surface area contributed by atoms with Crippen molar-refractivity contribution in [3.05, 3.63) is 53.3 Å². The minimum Gasteiger partial charge on any atom is -0.352 e. The third kappa shape index (κ3) is 5.00. The summed E-state index contributed by atoms with van der Waals surface area (Å²) in [5.41, 5.74) is 3.04. The van der Waals surface area contributed by atoms with Gasteiger partial charge in [-0.25, -0.2) is 0 Å². The van der Waals surface area contributed by atoms with Crippen LogP contribution >= 0.6 is 0 Å². The fourth-order valence-corrected chi connectivity index (χ4v) is 2.17. The number of unbranched alkanes of at least 4 members (excludes halogenated alkanes) is 1. The summed E-state index contributed by atoms with van der Waals surface area (Å²) in [7, 11) is 1.91. The van der Waals surface area contributed by atoms with Crippen LogP contribution in [0.1, 0.15) is 41.3 Å². The second-order valence-electron chi connectivity index (χ2n) is 5.43. The maximum absolute atomic E-state index is 11.9. The Bertz CT molecular complexity index is 589. The second-order valence-corrected chi connectivity index (χ2v) is 5.43. The van der Waals surface area contributed by atoms with Crippen LogP contribution in [0, 0.1) is 0 Å². The highest BCUT2D eigenvalue weighted by molar-refractivity contribution is 5.94. The van der Waals surface area contributed by atoms with Crippen LogP contribution in [0.2, 0.25) is 0 Å². The van der Waals surface area contributed by atoms with Gasteiger partial charge in [-0.05, 0) is 24.1 Å². The molecular weight excluding hydrogens is 276 g/mol. The van der Waals surface area contributed by atoms with Crippen LogP contribution < -0.4 is 10.6 Å². The maximum Gasteiger partial charge on any atom is 0.251 e. The number of hydrogen-bond donors (Lipinski definition) is 2. The number of rotatable bonds is 8. The van der Waals surface area contributed by atoms with Gasteiger partial charge in [0.1, 0.15) is 0 Å². The number of hydrogen-bond acceptors (Lipinski definition) is 3. The van der Waals surface area contributed by atoms with Crippen molar-refractivity contribution in [1.82, 2.24) is 20.4 Å². The molecule has 0 aliphatic rings. The molecular formula is C17H24N4O. The van der Waals surface area contributed by atoms with Crippen LogP contribution in [0.4, 0.5) is 0 Å². The minimum atomic E-state index is 0.00307. The predicted octanol–water partition coefficient (Wildman–Crippen LogP) is 2.24. The Hall–Kier alpha value is -2.14. The van der Waals surface area contributed by atoms with Gasteiger partial charge in [-0.3, -0.25) is 9.48 Å². The fourth-order valence-electron chi connectivity index (χ4n) is 2.17. The Morgan fingerprint density at radius 3 is 2.55 bits per heavy atom. The van der Waals surface area contributed by atoms with Crippen LogP contribution in [0.3, 0.4) is 0 Å². The molecule has 0 bridgehead atoms. The van der Waals surface area contributed by atoms with Crippen molar-refractivity contribution in [2.24, 2.45) is 7.05 Å². The van der Waals surface area contributed by atoms with E-state index in [2.05, 4.69) is 22.7 Å². The van der Waals surface area contributed by atoms with Crippen molar-refractivity contribution in [2.45, 2.75) is 32.9 Å². The molecule has 1 heterocycles. The third-order valence-corrected chi connectivity index (χ3v) is 3.45. The van der Waals surface area contributed by atoms with E-state index in [0.29, 0.717) is 5.56 Å². The second kappa shape index (κ2) is 8.34. The molecule has 2 aromatic rings. The van der Waals surface area contributed by atoms with Gasteiger partial charge in [0.05, 0.1) is 6.20 Å². The van der Waals surface area contributed by atoms with Crippen LogP contribution in [-0.2, 0) is 20.1 Å². The molecule has 1 aromatic carbocycles. The van der Waals surface area contributed by atoms with Crippen LogP contribution in [0.15, 0.2) is 36.7 Å². The summed E-state index contributed by atoms with van der Waals surface area (Å²) in [5.74, 6) is 0.00307. The van der Waals surface area contributed by atoms with Gasteiger partial charge in [-0.2, -0.15) is 5.10 Å². The van der Waals surface area contributed by atoms with Crippen molar-refractivity contribution in [3.8, 4) is 0 Å². The van der Waals surface area contributed by atoms with E-state index in [-0.39, 0.29) is 5.91 Å².